The maximum Gasteiger partial charge on any atom is 0.0991 e. The molecule has 1 heterocycles. The Morgan fingerprint density at radius 2 is 1.88 bits per heavy atom. The Kier molecular flexibility index (Phi) is 2.86. The van der Waals surface area contributed by atoms with Crippen LogP contribution < -0.4 is 5.32 Å². The lowest BCUT2D eigenvalue weighted by atomic mass is 9.77. The van der Waals surface area contributed by atoms with E-state index >= 15 is 0 Å². The molecule has 1 aromatic carbocycles. The molecule has 0 spiro atoms. The van der Waals surface area contributed by atoms with Gasteiger partial charge in [-0.15, -0.1) is 0 Å². The Labute approximate surface area is 103 Å². The van der Waals surface area contributed by atoms with Crippen LogP contribution in [0.15, 0.2) is 24.3 Å². The van der Waals surface area contributed by atoms with E-state index in [0.29, 0.717) is 6.04 Å². The highest BCUT2D eigenvalue weighted by Crippen LogP contribution is 2.42. The van der Waals surface area contributed by atoms with Crippen molar-refractivity contribution >= 4 is 0 Å². The standard InChI is InChI=1S/C15H18N2/c16-9-11-5-7-12(8-6-11)15-14-4-2-1-3-13(14)10-17-15/h5-8,13-15,17H,1-4,10H2. The van der Waals surface area contributed by atoms with Gasteiger partial charge < -0.3 is 5.32 Å². The Bertz CT molecular complexity index is 429. The number of nitrogens with zero attached hydrogens (tertiary/aromatic N) is 1. The third-order valence-electron chi connectivity index (χ3n) is 4.39. The fourth-order valence-electron chi connectivity index (χ4n) is 3.49. The van der Waals surface area contributed by atoms with Crippen molar-refractivity contribution in [1.29, 1.82) is 5.26 Å². The number of hydrogen-bond acceptors (Lipinski definition) is 2. The molecule has 0 radical (unpaired) electrons. The molecule has 2 nitrogen and oxygen atoms in total. The highest BCUT2D eigenvalue weighted by molar-refractivity contribution is 5.33. The molecule has 3 rings (SSSR count). The lowest BCUT2D eigenvalue weighted by molar-refractivity contribution is 0.266. The van der Waals surface area contributed by atoms with Gasteiger partial charge in [-0.05, 0) is 48.9 Å². The second-order valence-corrected chi connectivity index (χ2v) is 5.33. The first kappa shape index (κ1) is 10.8. The molecule has 3 atom stereocenters. The molecular weight excluding hydrogens is 208 g/mol. The maximum absolute atomic E-state index is 8.82. The van der Waals surface area contributed by atoms with Crippen molar-refractivity contribution in [2.75, 3.05) is 6.54 Å². The molecule has 2 fully saturated rings. The van der Waals surface area contributed by atoms with Gasteiger partial charge in [0.15, 0.2) is 0 Å². The van der Waals surface area contributed by atoms with E-state index in [9.17, 15) is 0 Å². The third kappa shape index (κ3) is 1.96. The van der Waals surface area contributed by atoms with E-state index in [0.717, 1.165) is 17.4 Å². The summed E-state index contributed by atoms with van der Waals surface area (Å²) in [6.45, 7) is 1.18. The number of nitrogens with one attached hydrogen (secondary N) is 1. The molecule has 3 unspecified atom stereocenters. The van der Waals surface area contributed by atoms with Gasteiger partial charge in [0.25, 0.3) is 0 Å². The first-order chi connectivity index (χ1) is 8.38. The Hall–Kier alpha value is -1.33. The van der Waals surface area contributed by atoms with Crippen LogP contribution in [0.4, 0.5) is 0 Å². The van der Waals surface area contributed by atoms with Crippen LogP contribution in [0.1, 0.15) is 42.9 Å². The molecule has 1 aromatic rings. The molecule has 1 aliphatic carbocycles. The van der Waals surface area contributed by atoms with E-state index in [2.05, 4.69) is 23.5 Å². The van der Waals surface area contributed by atoms with E-state index < -0.39 is 0 Å². The predicted octanol–water partition coefficient (Wildman–Crippen LogP) is 3.01. The van der Waals surface area contributed by atoms with Crippen molar-refractivity contribution < 1.29 is 0 Å². The molecule has 1 saturated carbocycles. The fourth-order valence-corrected chi connectivity index (χ4v) is 3.49. The van der Waals surface area contributed by atoms with Crippen molar-refractivity contribution in [3.8, 4) is 6.07 Å². The largest absolute Gasteiger partial charge is 0.309 e. The Morgan fingerprint density at radius 3 is 2.65 bits per heavy atom. The molecule has 88 valence electrons. The van der Waals surface area contributed by atoms with Crippen LogP contribution >= 0.6 is 0 Å². The van der Waals surface area contributed by atoms with Crippen LogP contribution in [0.25, 0.3) is 0 Å². The summed E-state index contributed by atoms with van der Waals surface area (Å²) in [6, 6.07) is 10.8. The predicted molar refractivity (Wildman–Crippen MR) is 67.3 cm³/mol. The molecule has 17 heavy (non-hydrogen) atoms. The summed E-state index contributed by atoms with van der Waals surface area (Å²) in [5.41, 5.74) is 2.12. The van der Waals surface area contributed by atoms with Gasteiger partial charge in [-0.1, -0.05) is 25.0 Å². The minimum absolute atomic E-state index is 0.521. The molecule has 0 bridgehead atoms. The van der Waals surface area contributed by atoms with Crippen LogP contribution in [0.5, 0.6) is 0 Å². The molecule has 1 aliphatic heterocycles. The van der Waals surface area contributed by atoms with Crippen molar-refractivity contribution in [3.05, 3.63) is 35.4 Å². The van der Waals surface area contributed by atoms with Gasteiger partial charge in [0, 0.05) is 6.04 Å². The van der Waals surface area contributed by atoms with Gasteiger partial charge in [0.05, 0.1) is 11.6 Å². The summed E-state index contributed by atoms with van der Waals surface area (Å²) >= 11 is 0. The lowest BCUT2D eigenvalue weighted by Crippen LogP contribution is -2.20. The number of hydrogen-bond donors (Lipinski definition) is 1. The van der Waals surface area contributed by atoms with Crippen LogP contribution in [-0.4, -0.2) is 6.54 Å². The molecule has 2 aliphatic rings. The number of fused-ring (bicyclic) bond motifs is 1. The molecular formula is C15H18N2. The minimum atomic E-state index is 0.521. The highest BCUT2D eigenvalue weighted by Gasteiger charge is 2.37. The van der Waals surface area contributed by atoms with Crippen molar-refractivity contribution in [2.24, 2.45) is 11.8 Å². The summed E-state index contributed by atoms with van der Waals surface area (Å²) in [7, 11) is 0. The zero-order valence-electron chi connectivity index (χ0n) is 10.0. The first-order valence-electron chi connectivity index (χ1n) is 6.62. The summed E-state index contributed by atoms with van der Waals surface area (Å²) < 4.78 is 0. The van der Waals surface area contributed by atoms with Crippen molar-refractivity contribution in [3.63, 3.8) is 0 Å². The van der Waals surface area contributed by atoms with Gasteiger partial charge in [-0.3, -0.25) is 0 Å². The maximum atomic E-state index is 8.82. The summed E-state index contributed by atoms with van der Waals surface area (Å²) in [5, 5.41) is 12.5. The average Bonchev–Trinajstić information content (AvgIpc) is 2.83. The monoisotopic (exact) mass is 226 g/mol. The van der Waals surface area contributed by atoms with Gasteiger partial charge in [0.1, 0.15) is 0 Å². The van der Waals surface area contributed by atoms with Crippen LogP contribution in [0.3, 0.4) is 0 Å². The molecule has 1 N–H and O–H groups in total. The van der Waals surface area contributed by atoms with E-state index in [1.807, 2.05) is 12.1 Å². The quantitative estimate of drug-likeness (QED) is 0.799. The van der Waals surface area contributed by atoms with E-state index in [-0.39, 0.29) is 0 Å². The number of benzene rings is 1. The van der Waals surface area contributed by atoms with Gasteiger partial charge in [-0.25, -0.2) is 0 Å². The second-order valence-electron chi connectivity index (χ2n) is 5.33. The number of nitriles is 1. The highest BCUT2D eigenvalue weighted by atomic mass is 15.0. The third-order valence-corrected chi connectivity index (χ3v) is 4.39. The first-order valence-corrected chi connectivity index (χ1v) is 6.62. The topological polar surface area (TPSA) is 35.8 Å². The van der Waals surface area contributed by atoms with Gasteiger partial charge in [-0.2, -0.15) is 5.26 Å². The Balaban J connectivity index is 1.81. The van der Waals surface area contributed by atoms with Crippen LogP contribution in [0.2, 0.25) is 0 Å². The SMILES string of the molecule is N#Cc1ccc(C2NCC3CCCCC32)cc1. The van der Waals surface area contributed by atoms with E-state index in [4.69, 9.17) is 5.26 Å². The number of rotatable bonds is 1. The smallest absolute Gasteiger partial charge is 0.0991 e. The van der Waals surface area contributed by atoms with Crippen LogP contribution in [0, 0.1) is 23.2 Å². The van der Waals surface area contributed by atoms with Gasteiger partial charge in [0.2, 0.25) is 0 Å². The summed E-state index contributed by atoms with van der Waals surface area (Å²) in [4.78, 5) is 0. The zero-order valence-corrected chi connectivity index (χ0v) is 10.0. The molecule has 2 heteroatoms. The average molecular weight is 226 g/mol. The Morgan fingerprint density at radius 1 is 1.12 bits per heavy atom. The van der Waals surface area contributed by atoms with Crippen molar-refractivity contribution in [2.45, 2.75) is 31.7 Å². The second kappa shape index (κ2) is 4.50. The molecule has 0 amide bonds. The van der Waals surface area contributed by atoms with Crippen molar-refractivity contribution in [1.82, 2.24) is 5.32 Å². The van der Waals surface area contributed by atoms with Crippen LogP contribution in [-0.2, 0) is 0 Å². The van der Waals surface area contributed by atoms with Gasteiger partial charge >= 0.3 is 0 Å². The normalized spacial score (nSPS) is 31.8. The zero-order chi connectivity index (χ0) is 11.7. The van der Waals surface area contributed by atoms with E-state index in [1.54, 1.807) is 0 Å². The lowest BCUT2D eigenvalue weighted by Gasteiger charge is -2.28. The minimum Gasteiger partial charge on any atom is -0.309 e. The molecule has 1 saturated heterocycles. The van der Waals surface area contributed by atoms with E-state index in [1.165, 1.54) is 37.8 Å². The fraction of sp³-hybridized carbons (Fsp3) is 0.533. The summed E-state index contributed by atoms with van der Waals surface area (Å²) in [6.07, 6.45) is 5.55. The molecule has 0 aromatic heterocycles. The summed E-state index contributed by atoms with van der Waals surface area (Å²) in [5.74, 6) is 1.70.